The summed E-state index contributed by atoms with van der Waals surface area (Å²) in [6.45, 7) is 4.65. The number of rotatable bonds is 5. The van der Waals surface area contributed by atoms with Gasteiger partial charge in [-0.05, 0) is 36.8 Å². The van der Waals surface area contributed by atoms with Crippen LogP contribution >= 0.6 is 0 Å². The minimum Gasteiger partial charge on any atom is -0.383 e. The number of carbonyl (C=O) groups is 2. The highest BCUT2D eigenvalue weighted by Gasteiger charge is 2.30. The van der Waals surface area contributed by atoms with Crippen LogP contribution in [0.3, 0.4) is 0 Å². The average molecular weight is 480 g/mol. The number of benzene rings is 1. The molecular formula is C25H21N9O2. The number of hydrogen-bond acceptors (Lipinski definition) is 8. The lowest BCUT2D eigenvalue weighted by Crippen LogP contribution is -2.27. The molecule has 2 amide bonds. The number of carbonyl (C=O) groups excluding carboxylic acids is 2. The average Bonchev–Trinajstić information content (AvgIpc) is 3.54. The number of amides is 2. The fraction of sp³-hybridized carbons (Fsp3) is 0.160. The molecule has 0 spiro atoms. The number of nitrogens with zero attached hydrogens (tertiary/aromatic N) is 7. The van der Waals surface area contributed by atoms with E-state index in [1.807, 2.05) is 6.07 Å². The van der Waals surface area contributed by atoms with Crippen molar-refractivity contribution in [1.29, 1.82) is 5.26 Å². The van der Waals surface area contributed by atoms with E-state index in [9.17, 15) is 9.59 Å². The van der Waals surface area contributed by atoms with Crippen molar-refractivity contribution in [1.82, 2.24) is 29.6 Å². The number of fused-ring (bicyclic) bond motifs is 1. The van der Waals surface area contributed by atoms with E-state index >= 15 is 0 Å². The summed E-state index contributed by atoms with van der Waals surface area (Å²) in [7, 11) is 0. The highest BCUT2D eigenvalue weighted by molar-refractivity contribution is 6.04. The topological polar surface area (TPSA) is 156 Å². The van der Waals surface area contributed by atoms with Crippen molar-refractivity contribution in [2.75, 3.05) is 24.1 Å². The first kappa shape index (κ1) is 22.7. The molecule has 4 aromatic rings. The van der Waals surface area contributed by atoms with Crippen LogP contribution < -0.4 is 11.1 Å². The normalized spacial score (nSPS) is 15.0. The van der Waals surface area contributed by atoms with Gasteiger partial charge in [0.05, 0.1) is 23.1 Å². The van der Waals surface area contributed by atoms with Gasteiger partial charge in [0.25, 0.3) is 5.91 Å². The second-order valence-electron chi connectivity index (χ2n) is 8.25. The number of nitrogen functional groups attached to an aromatic ring is 1. The molecule has 5 rings (SSSR count). The Hall–Kier alpha value is -5.11. The molecule has 1 atom stereocenters. The van der Waals surface area contributed by atoms with E-state index in [-0.39, 0.29) is 17.9 Å². The number of pyridine rings is 1. The van der Waals surface area contributed by atoms with Gasteiger partial charge < -0.3 is 16.0 Å². The fourth-order valence-corrected chi connectivity index (χ4v) is 4.26. The molecule has 1 aliphatic rings. The number of nitrogens with one attached hydrogen (secondary N) is 1. The first-order valence-electron chi connectivity index (χ1n) is 11.2. The number of anilines is 2. The number of aromatic nitrogens is 5. The quantitative estimate of drug-likeness (QED) is 0.414. The van der Waals surface area contributed by atoms with Crippen molar-refractivity contribution >= 4 is 34.5 Å². The third kappa shape index (κ3) is 4.12. The van der Waals surface area contributed by atoms with Crippen LogP contribution in [0.15, 0.2) is 61.6 Å². The smallest absolute Gasteiger partial charge is 0.256 e. The Morgan fingerprint density at radius 3 is 2.75 bits per heavy atom. The fourth-order valence-electron chi connectivity index (χ4n) is 4.26. The lowest BCUT2D eigenvalue weighted by atomic mass is 10.1. The zero-order chi connectivity index (χ0) is 25.2. The largest absolute Gasteiger partial charge is 0.383 e. The molecule has 4 heterocycles. The van der Waals surface area contributed by atoms with Crippen LogP contribution in [0.5, 0.6) is 0 Å². The Kier molecular flexibility index (Phi) is 5.83. The molecule has 178 valence electrons. The van der Waals surface area contributed by atoms with E-state index in [0.717, 1.165) is 12.0 Å². The molecule has 1 aliphatic heterocycles. The van der Waals surface area contributed by atoms with Crippen LogP contribution in [-0.2, 0) is 4.79 Å². The molecule has 0 bridgehead atoms. The van der Waals surface area contributed by atoms with Gasteiger partial charge in [0, 0.05) is 30.4 Å². The summed E-state index contributed by atoms with van der Waals surface area (Å²) in [5.41, 5.74) is 8.93. The van der Waals surface area contributed by atoms with Crippen LogP contribution in [0, 0.1) is 11.3 Å². The summed E-state index contributed by atoms with van der Waals surface area (Å²) >= 11 is 0. The molecule has 3 aromatic heterocycles. The van der Waals surface area contributed by atoms with E-state index in [0.29, 0.717) is 52.6 Å². The predicted octanol–water partition coefficient (Wildman–Crippen LogP) is 2.55. The zero-order valence-electron chi connectivity index (χ0n) is 19.1. The second kappa shape index (κ2) is 9.27. The highest BCUT2D eigenvalue weighted by Crippen LogP contribution is 2.34. The van der Waals surface area contributed by atoms with Gasteiger partial charge in [-0.2, -0.15) is 10.4 Å². The van der Waals surface area contributed by atoms with Gasteiger partial charge in [-0.15, -0.1) is 0 Å². The Morgan fingerprint density at radius 1 is 1.19 bits per heavy atom. The number of likely N-dealkylation sites (tertiary alicyclic amines) is 1. The summed E-state index contributed by atoms with van der Waals surface area (Å²) in [6.07, 6.45) is 4.88. The van der Waals surface area contributed by atoms with E-state index in [1.54, 1.807) is 39.9 Å². The molecule has 11 heteroatoms. The third-order valence-corrected chi connectivity index (χ3v) is 6.06. The molecule has 11 nitrogen and oxygen atoms in total. The minimum absolute atomic E-state index is 0.0684. The van der Waals surface area contributed by atoms with E-state index < -0.39 is 0 Å². The number of nitriles is 1. The molecule has 3 N–H and O–H groups in total. The molecule has 1 unspecified atom stereocenters. The molecule has 0 saturated carbocycles. The summed E-state index contributed by atoms with van der Waals surface area (Å²) in [5, 5.41) is 17.1. The highest BCUT2D eigenvalue weighted by atomic mass is 16.2. The monoisotopic (exact) mass is 479 g/mol. The van der Waals surface area contributed by atoms with E-state index in [2.05, 4.69) is 26.8 Å². The molecule has 36 heavy (non-hydrogen) atoms. The van der Waals surface area contributed by atoms with E-state index in [1.165, 1.54) is 24.7 Å². The Bertz CT molecular complexity index is 1540. The van der Waals surface area contributed by atoms with E-state index in [4.69, 9.17) is 16.1 Å². The molecule has 1 aromatic carbocycles. The van der Waals surface area contributed by atoms with Crippen molar-refractivity contribution in [2.45, 2.75) is 12.5 Å². The molecule has 1 saturated heterocycles. The summed E-state index contributed by atoms with van der Waals surface area (Å²) in [5.74, 6) is 0.105. The SMILES string of the molecule is C=CC(=O)N1CCC(n2nc(-c3ccc(C(=O)Nc4cc(C#N)ccn4)cc3)c3c(N)ncnc32)C1. The van der Waals surface area contributed by atoms with Crippen molar-refractivity contribution < 1.29 is 9.59 Å². The molecular weight excluding hydrogens is 458 g/mol. The third-order valence-electron chi connectivity index (χ3n) is 6.06. The van der Waals surface area contributed by atoms with Crippen LogP contribution in [-0.4, -0.2) is 54.5 Å². The Morgan fingerprint density at radius 2 is 2.00 bits per heavy atom. The predicted molar refractivity (Wildman–Crippen MR) is 133 cm³/mol. The zero-order valence-corrected chi connectivity index (χ0v) is 19.1. The molecule has 0 radical (unpaired) electrons. The maximum absolute atomic E-state index is 12.7. The maximum atomic E-state index is 12.7. The Labute approximate surface area is 205 Å². The lowest BCUT2D eigenvalue weighted by molar-refractivity contribution is -0.125. The summed E-state index contributed by atoms with van der Waals surface area (Å²) in [4.78, 5) is 39.1. The summed E-state index contributed by atoms with van der Waals surface area (Å²) < 4.78 is 1.80. The van der Waals surface area contributed by atoms with Crippen LogP contribution in [0.25, 0.3) is 22.3 Å². The summed E-state index contributed by atoms with van der Waals surface area (Å²) in [6, 6.07) is 11.9. The number of nitrogens with two attached hydrogens (primary N) is 1. The van der Waals surface area contributed by atoms with Gasteiger partial charge in [0.1, 0.15) is 23.7 Å². The van der Waals surface area contributed by atoms with Crippen molar-refractivity contribution in [3.05, 3.63) is 72.7 Å². The van der Waals surface area contributed by atoms with Gasteiger partial charge in [0.15, 0.2) is 5.65 Å². The maximum Gasteiger partial charge on any atom is 0.256 e. The van der Waals surface area contributed by atoms with Gasteiger partial charge in [-0.25, -0.2) is 19.6 Å². The number of hydrogen-bond donors (Lipinski definition) is 2. The first-order valence-corrected chi connectivity index (χ1v) is 11.2. The van der Waals surface area contributed by atoms with Gasteiger partial charge in [0.2, 0.25) is 5.91 Å². The van der Waals surface area contributed by atoms with Gasteiger partial charge in [-0.1, -0.05) is 18.7 Å². The van der Waals surface area contributed by atoms with Crippen LogP contribution in [0.1, 0.15) is 28.4 Å². The second-order valence-corrected chi connectivity index (χ2v) is 8.25. The van der Waals surface area contributed by atoms with Gasteiger partial charge in [-0.3, -0.25) is 9.59 Å². The molecule has 0 aliphatic carbocycles. The van der Waals surface area contributed by atoms with Crippen molar-refractivity contribution in [3.8, 4) is 17.3 Å². The molecule has 1 fully saturated rings. The van der Waals surface area contributed by atoms with Crippen LogP contribution in [0.4, 0.5) is 11.6 Å². The Balaban J connectivity index is 1.44. The van der Waals surface area contributed by atoms with Crippen molar-refractivity contribution in [3.63, 3.8) is 0 Å². The standard InChI is InChI=1S/C25H21N9O2/c1-2-20(35)33-10-8-18(13-33)34-24-21(23(27)29-14-30-24)22(32-34)16-3-5-17(6-4-16)25(36)31-19-11-15(12-26)7-9-28-19/h2-7,9,11,14,18H,1,8,10,13H2,(H2,27,29,30)(H,28,31,36). The minimum atomic E-state index is -0.361. The van der Waals surface area contributed by atoms with Gasteiger partial charge >= 0.3 is 0 Å². The van der Waals surface area contributed by atoms with Crippen LogP contribution in [0.2, 0.25) is 0 Å². The first-order chi connectivity index (χ1) is 17.5. The van der Waals surface area contributed by atoms with Crippen molar-refractivity contribution in [2.24, 2.45) is 0 Å². The lowest BCUT2D eigenvalue weighted by Gasteiger charge is -2.14.